The summed E-state index contributed by atoms with van der Waals surface area (Å²) in [4.78, 5) is 64.6. The van der Waals surface area contributed by atoms with Crippen LogP contribution in [0.3, 0.4) is 0 Å². The number of alkyl halides is 1. The first-order valence-electron chi connectivity index (χ1n) is 15.5. The summed E-state index contributed by atoms with van der Waals surface area (Å²) in [6, 6.07) is 0. The van der Waals surface area contributed by atoms with E-state index in [-0.39, 0.29) is 31.5 Å². The minimum Gasteiger partial charge on any atom is -0.459 e. The fraction of sp³-hybridized carbons (Fsp3) is 0.727. The number of carbonyl (C=O) groups excluding carboxylic acids is 5. The van der Waals surface area contributed by atoms with Crippen LogP contribution in [0.4, 0.5) is 4.39 Å². The quantitative estimate of drug-likeness (QED) is 0.241. The molecule has 3 fully saturated rings. The highest BCUT2D eigenvalue weighted by molar-refractivity contribution is 6.01. The van der Waals surface area contributed by atoms with Gasteiger partial charge in [-0.05, 0) is 57.1 Å². The van der Waals surface area contributed by atoms with E-state index in [0.717, 1.165) is 6.42 Å². The van der Waals surface area contributed by atoms with E-state index in [4.69, 9.17) is 14.2 Å². The van der Waals surface area contributed by atoms with Gasteiger partial charge < -0.3 is 14.2 Å². The zero-order valence-electron chi connectivity index (χ0n) is 25.8. The van der Waals surface area contributed by atoms with Crippen LogP contribution in [-0.2, 0) is 38.2 Å². The molecule has 8 nitrogen and oxygen atoms in total. The maximum Gasteiger partial charge on any atom is 0.306 e. The molecule has 9 heteroatoms. The van der Waals surface area contributed by atoms with Crippen LogP contribution in [0.2, 0.25) is 0 Å². The predicted molar refractivity (Wildman–Crippen MR) is 152 cm³/mol. The van der Waals surface area contributed by atoms with Crippen molar-refractivity contribution >= 4 is 29.5 Å². The molecule has 4 aliphatic carbocycles. The number of unbranched alkanes of at least 4 members (excludes halogenated alkanes) is 1. The van der Waals surface area contributed by atoms with E-state index >= 15 is 4.39 Å². The summed E-state index contributed by atoms with van der Waals surface area (Å²) in [7, 11) is 0. The van der Waals surface area contributed by atoms with Crippen molar-refractivity contribution in [1.29, 1.82) is 0 Å². The summed E-state index contributed by atoms with van der Waals surface area (Å²) in [6.45, 7) is 10.1. The van der Waals surface area contributed by atoms with Gasteiger partial charge in [0.2, 0.25) is 5.78 Å². The zero-order valence-corrected chi connectivity index (χ0v) is 25.8. The van der Waals surface area contributed by atoms with E-state index in [9.17, 15) is 24.0 Å². The molecule has 42 heavy (non-hydrogen) atoms. The predicted octanol–water partition coefficient (Wildman–Crippen LogP) is 5.56. The molecular weight excluding hydrogens is 543 g/mol. The van der Waals surface area contributed by atoms with E-state index in [1.165, 1.54) is 12.2 Å². The number of hydrogen-bond acceptors (Lipinski definition) is 8. The first-order valence-corrected chi connectivity index (χ1v) is 15.5. The molecule has 0 radical (unpaired) electrons. The lowest BCUT2D eigenvalue weighted by Gasteiger charge is -2.63. The molecule has 4 aliphatic rings. The lowest BCUT2D eigenvalue weighted by atomic mass is 9.44. The maximum atomic E-state index is 18.2. The van der Waals surface area contributed by atoms with E-state index in [2.05, 4.69) is 0 Å². The Morgan fingerprint density at radius 2 is 1.71 bits per heavy atom. The van der Waals surface area contributed by atoms with Crippen molar-refractivity contribution in [1.82, 2.24) is 0 Å². The maximum absolute atomic E-state index is 18.2. The standard InChI is InChI=1S/C33H45FO8/c1-7-10-11-29(39)42-33(25(36)19-40-27(37)8-2)20(4)16-24-23-13-12-21-17-22(35)14-15-30(21,5)32(23,34)26(18-31(24,33)6)41-28(38)9-3/h14-15,17,20,23-24,26H,7-13,16,18-19H2,1-6H3/t20-,23-,24-,26-,30-,31-,32-,33-/m0/s1. The minimum absolute atomic E-state index is 0.0323. The normalized spacial score (nSPS) is 38.5. The number of allylic oxidation sites excluding steroid dienone is 4. The van der Waals surface area contributed by atoms with Crippen molar-refractivity contribution in [3.63, 3.8) is 0 Å². The average molecular weight is 589 g/mol. The molecule has 8 atom stereocenters. The van der Waals surface area contributed by atoms with Gasteiger partial charge in [-0.25, -0.2) is 4.39 Å². The van der Waals surface area contributed by atoms with Crippen molar-refractivity contribution in [2.24, 2.45) is 28.6 Å². The number of ketones is 2. The van der Waals surface area contributed by atoms with Gasteiger partial charge in [-0.15, -0.1) is 0 Å². The highest BCUT2D eigenvalue weighted by Crippen LogP contribution is 2.72. The molecule has 0 spiro atoms. The molecule has 232 valence electrons. The fourth-order valence-corrected chi connectivity index (χ4v) is 8.64. The lowest BCUT2D eigenvalue weighted by molar-refractivity contribution is -0.236. The van der Waals surface area contributed by atoms with E-state index < -0.39 is 76.3 Å². The van der Waals surface area contributed by atoms with Crippen LogP contribution < -0.4 is 0 Å². The molecule has 3 saturated carbocycles. The monoisotopic (exact) mass is 588 g/mol. The lowest BCUT2D eigenvalue weighted by Crippen LogP contribution is -2.70. The summed E-state index contributed by atoms with van der Waals surface area (Å²) in [6.07, 6.45) is 5.95. The van der Waals surface area contributed by atoms with Gasteiger partial charge in [-0.3, -0.25) is 24.0 Å². The van der Waals surface area contributed by atoms with Crippen molar-refractivity contribution in [2.75, 3.05) is 6.61 Å². The molecule has 0 aromatic heterocycles. The number of fused-ring (bicyclic) bond motifs is 5. The van der Waals surface area contributed by atoms with Gasteiger partial charge in [0.25, 0.3) is 0 Å². The molecule has 4 rings (SSSR count). The number of hydrogen-bond donors (Lipinski definition) is 0. The molecule has 0 aromatic rings. The Balaban J connectivity index is 1.87. The summed E-state index contributed by atoms with van der Waals surface area (Å²) >= 11 is 0. The van der Waals surface area contributed by atoms with Crippen molar-refractivity contribution in [3.8, 4) is 0 Å². The molecular formula is C33H45FO8. The number of carbonyl (C=O) groups is 5. The first-order chi connectivity index (χ1) is 19.7. The van der Waals surface area contributed by atoms with Gasteiger partial charge in [0, 0.05) is 41.9 Å². The van der Waals surface area contributed by atoms with Crippen molar-refractivity contribution in [2.45, 2.75) is 117 Å². The van der Waals surface area contributed by atoms with E-state index in [1.54, 1.807) is 26.8 Å². The third kappa shape index (κ3) is 4.75. The largest absolute Gasteiger partial charge is 0.459 e. The Hall–Kier alpha value is -2.84. The zero-order chi connectivity index (χ0) is 31.1. The number of rotatable bonds is 10. The van der Waals surface area contributed by atoms with Crippen LogP contribution in [0, 0.1) is 28.6 Å². The molecule has 0 amide bonds. The molecule has 0 bridgehead atoms. The Morgan fingerprint density at radius 3 is 2.36 bits per heavy atom. The Bertz CT molecular complexity index is 1210. The summed E-state index contributed by atoms with van der Waals surface area (Å²) < 4.78 is 35.6. The van der Waals surface area contributed by atoms with Crippen LogP contribution in [-0.4, -0.2) is 53.5 Å². The average Bonchev–Trinajstić information content (AvgIpc) is 3.17. The molecule has 0 aliphatic heterocycles. The summed E-state index contributed by atoms with van der Waals surface area (Å²) in [5.74, 6) is -3.98. The molecule has 0 heterocycles. The van der Waals surface area contributed by atoms with Crippen LogP contribution in [0.15, 0.2) is 23.8 Å². The second-order valence-electron chi connectivity index (χ2n) is 13.0. The van der Waals surface area contributed by atoms with Gasteiger partial charge in [-0.2, -0.15) is 0 Å². The summed E-state index contributed by atoms with van der Waals surface area (Å²) in [5, 5.41) is 0. The smallest absolute Gasteiger partial charge is 0.306 e. The van der Waals surface area contributed by atoms with Crippen molar-refractivity contribution in [3.05, 3.63) is 23.8 Å². The Labute approximate surface area is 247 Å². The molecule has 0 saturated heterocycles. The number of esters is 3. The van der Waals surface area contributed by atoms with Gasteiger partial charge in [0.15, 0.2) is 23.7 Å². The van der Waals surface area contributed by atoms with Crippen LogP contribution in [0.5, 0.6) is 0 Å². The highest BCUT2D eigenvalue weighted by Gasteiger charge is 2.78. The van der Waals surface area contributed by atoms with Crippen LogP contribution in [0.25, 0.3) is 0 Å². The van der Waals surface area contributed by atoms with Crippen LogP contribution >= 0.6 is 0 Å². The number of halogens is 1. The third-order valence-corrected chi connectivity index (χ3v) is 10.8. The highest BCUT2D eigenvalue weighted by atomic mass is 19.1. The van der Waals surface area contributed by atoms with Crippen LogP contribution in [0.1, 0.15) is 99.3 Å². The Morgan fingerprint density at radius 1 is 1.02 bits per heavy atom. The summed E-state index contributed by atoms with van der Waals surface area (Å²) in [5.41, 5.74) is -5.42. The Kier molecular flexibility index (Phi) is 8.92. The van der Waals surface area contributed by atoms with Gasteiger partial charge in [0.1, 0.15) is 6.10 Å². The van der Waals surface area contributed by atoms with E-state index in [0.29, 0.717) is 31.3 Å². The molecule has 0 N–H and O–H groups in total. The molecule has 0 aromatic carbocycles. The second kappa shape index (κ2) is 11.7. The topological polar surface area (TPSA) is 113 Å². The number of ether oxygens (including phenoxy) is 3. The number of Topliss-reactive ketones (excluding diaryl/α,β-unsaturated/α-hetero) is 1. The SMILES string of the molecule is CCCCC(=O)O[C@]1(C(=O)COC(=O)CC)[C@@H](C)C[C@H]2[C@@H]3CCC4=CC(=O)C=C[C@]4(C)[C@@]3(F)[C@@H](OC(=O)CC)C[C@@]21C. The fourth-order valence-electron chi connectivity index (χ4n) is 8.64. The second-order valence-corrected chi connectivity index (χ2v) is 13.0. The third-order valence-electron chi connectivity index (χ3n) is 10.8. The first kappa shape index (κ1) is 32.1. The van der Waals surface area contributed by atoms with E-state index in [1.807, 2.05) is 20.8 Å². The van der Waals surface area contributed by atoms with Gasteiger partial charge in [-0.1, -0.05) is 52.7 Å². The minimum atomic E-state index is -2.07. The van der Waals surface area contributed by atoms with Crippen molar-refractivity contribution < 1.29 is 42.6 Å². The molecule has 0 unspecified atom stereocenters. The van der Waals surface area contributed by atoms with Gasteiger partial charge >= 0.3 is 17.9 Å². The van der Waals surface area contributed by atoms with Gasteiger partial charge in [0.05, 0.1) is 0 Å².